The molecule has 1 aromatic heterocycles. The molecule has 1 aromatic carbocycles. The summed E-state index contributed by atoms with van der Waals surface area (Å²) in [5.41, 5.74) is 2.35. The fraction of sp³-hybridized carbons (Fsp3) is 0.333. The Morgan fingerprint density at radius 2 is 2.05 bits per heavy atom. The van der Waals surface area contributed by atoms with Crippen molar-refractivity contribution in [1.29, 1.82) is 0 Å². The minimum absolute atomic E-state index is 0.0545. The molecule has 0 saturated carbocycles. The lowest BCUT2D eigenvalue weighted by molar-refractivity contribution is 0.0737. The zero-order valence-electron chi connectivity index (χ0n) is 11.3. The SMILES string of the molecule is Cc1ccc2c(C(=O)N3CCNCC3)ccnc2c1Cl. The number of carbonyl (C=O) groups excluding carboxylic acids is 1. The third kappa shape index (κ3) is 2.25. The molecule has 3 rings (SSSR count). The molecule has 4 nitrogen and oxygen atoms in total. The number of hydrogen-bond donors (Lipinski definition) is 1. The largest absolute Gasteiger partial charge is 0.336 e. The highest BCUT2D eigenvalue weighted by Crippen LogP contribution is 2.27. The summed E-state index contributed by atoms with van der Waals surface area (Å²) in [5, 5.41) is 4.70. The highest BCUT2D eigenvalue weighted by molar-refractivity contribution is 6.36. The Balaban J connectivity index is 2.07. The van der Waals surface area contributed by atoms with Crippen molar-refractivity contribution in [1.82, 2.24) is 15.2 Å². The molecular weight excluding hydrogens is 274 g/mol. The van der Waals surface area contributed by atoms with Crippen LogP contribution in [0.3, 0.4) is 0 Å². The number of aromatic nitrogens is 1. The number of benzene rings is 1. The predicted octanol–water partition coefficient (Wildman–Crippen LogP) is 2.24. The Hall–Kier alpha value is -1.65. The van der Waals surface area contributed by atoms with Gasteiger partial charge in [0.25, 0.3) is 5.91 Å². The van der Waals surface area contributed by atoms with Crippen molar-refractivity contribution in [3.05, 3.63) is 40.5 Å². The van der Waals surface area contributed by atoms with E-state index in [9.17, 15) is 4.79 Å². The first-order valence-corrected chi connectivity index (χ1v) is 7.10. The van der Waals surface area contributed by atoms with E-state index in [1.165, 1.54) is 0 Å². The van der Waals surface area contributed by atoms with Gasteiger partial charge in [0.2, 0.25) is 0 Å². The fourth-order valence-electron chi connectivity index (χ4n) is 2.51. The van der Waals surface area contributed by atoms with Gasteiger partial charge in [-0.3, -0.25) is 9.78 Å². The van der Waals surface area contributed by atoms with Crippen LogP contribution in [0.25, 0.3) is 10.9 Å². The van der Waals surface area contributed by atoms with Gasteiger partial charge in [-0.05, 0) is 18.6 Å². The third-order valence-electron chi connectivity index (χ3n) is 3.68. The standard InChI is InChI=1S/C15H16ClN3O/c1-10-2-3-11-12(4-5-18-14(11)13(10)16)15(20)19-8-6-17-7-9-19/h2-5,17H,6-9H2,1H3. The first kappa shape index (κ1) is 13.3. The normalized spacial score (nSPS) is 15.6. The Kier molecular flexibility index (Phi) is 3.59. The second-order valence-electron chi connectivity index (χ2n) is 4.99. The molecule has 0 unspecified atom stereocenters. The first-order valence-electron chi connectivity index (χ1n) is 6.72. The van der Waals surface area contributed by atoms with Crippen LogP contribution in [0.15, 0.2) is 24.4 Å². The molecule has 1 aliphatic heterocycles. The zero-order chi connectivity index (χ0) is 14.1. The number of carbonyl (C=O) groups is 1. The number of amides is 1. The molecule has 0 atom stereocenters. The maximum atomic E-state index is 12.6. The highest BCUT2D eigenvalue weighted by Gasteiger charge is 2.20. The molecule has 2 aromatic rings. The van der Waals surface area contributed by atoms with Gasteiger partial charge in [0.1, 0.15) is 0 Å². The Morgan fingerprint density at radius 1 is 1.30 bits per heavy atom. The van der Waals surface area contributed by atoms with Crippen LogP contribution in [-0.4, -0.2) is 42.0 Å². The van der Waals surface area contributed by atoms with Crippen LogP contribution in [0.5, 0.6) is 0 Å². The minimum Gasteiger partial charge on any atom is -0.336 e. The zero-order valence-corrected chi connectivity index (χ0v) is 12.1. The molecular formula is C15H16ClN3O. The lowest BCUT2D eigenvalue weighted by atomic mass is 10.1. The van der Waals surface area contributed by atoms with Crippen molar-refractivity contribution in [2.45, 2.75) is 6.92 Å². The summed E-state index contributed by atoms with van der Waals surface area (Å²) >= 11 is 6.29. The van der Waals surface area contributed by atoms with Crippen molar-refractivity contribution >= 4 is 28.4 Å². The third-order valence-corrected chi connectivity index (χ3v) is 4.16. The highest BCUT2D eigenvalue weighted by atomic mass is 35.5. The van der Waals surface area contributed by atoms with Crippen molar-refractivity contribution in [2.75, 3.05) is 26.2 Å². The number of piperazine rings is 1. The molecule has 0 aliphatic carbocycles. The molecule has 1 amide bonds. The number of fused-ring (bicyclic) bond motifs is 1. The van der Waals surface area contributed by atoms with Gasteiger partial charge in [0.15, 0.2) is 0 Å². The van der Waals surface area contributed by atoms with Crippen molar-refractivity contribution in [3.63, 3.8) is 0 Å². The van der Waals surface area contributed by atoms with Crippen LogP contribution in [0.4, 0.5) is 0 Å². The topological polar surface area (TPSA) is 45.2 Å². The van der Waals surface area contributed by atoms with Crippen LogP contribution in [0.2, 0.25) is 5.02 Å². The number of pyridine rings is 1. The Morgan fingerprint density at radius 3 is 2.80 bits per heavy atom. The quantitative estimate of drug-likeness (QED) is 0.876. The van der Waals surface area contributed by atoms with Gasteiger partial charge in [0, 0.05) is 37.8 Å². The molecule has 5 heteroatoms. The van der Waals surface area contributed by atoms with Gasteiger partial charge in [-0.25, -0.2) is 0 Å². The average Bonchev–Trinajstić information content (AvgIpc) is 2.51. The molecule has 1 aliphatic rings. The van der Waals surface area contributed by atoms with E-state index in [-0.39, 0.29) is 5.91 Å². The summed E-state index contributed by atoms with van der Waals surface area (Å²) in [7, 11) is 0. The molecule has 1 N–H and O–H groups in total. The molecule has 20 heavy (non-hydrogen) atoms. The van der Waals surface area contributed by atoms with E-state index in [2.05, 4.69) is 10.3 Å². The molecule has 2 heterocycles. The maximum absolute atomic E-state index is 12.6. The van der Waals surface area contributed by atoms with Gasteiger partial charge >= 0.3 is 0 Å². The second kappa shape index (κ2) is 5.38. The lowest BCUT2D eigenvalue weighted by Gasteiger charge is -2.27. The number of rotatable bonds is 1. The Labute approximate surface area is 122 Å². The minimum atomic E-state index is 0.0545. The number of nitrogens with one attached hydrogen (secondary N) is 1. The fourth-order valence-corrected chi connectivity index (χ4v) is 2.72. The summed E-state index contributed by atoms with van der Waals surface area (Å²) < 4.78 is 0. The van der Waals surface area contributed by atoms with E-state index in [0.717, 1.165) is 37.1 Å². The van der Waals surface area contributed by atoms with E-state index in [1.54, 1.807) is 12.3 Å². The number of halogens is 1. The maximum Gasteiger partial charge on any atom is 0.254 e. The molecule has 0 bridgehead atoms. The van der Waals surface area contributed by atoms with E-state index < -0.39 is 0 Å². The summed E-state index contributed by atoms with van der Waals surface area (Å²) in [6.07, 6.45) is 1.66. The van der Waals surface area contributed by atoms with Crippen molar-refractivity contribution < 1.29 is 4.79 Å². The summed E-state index contributed by atoms with van der Waals surface area (Å²) in [4.78, 5) is 18.8. The van der Waals surface area contributed by atoms with Crippen LogP contribution in [-0.2, 0) is 0 Å². The summed E-state index contributed by atoms with van der Waals surface area (Å²) in [6.45, 7) is 5.10. The predicted molar refractivity (Wildman–Crippen MR) is 80.3 cm³/mol. The van der Waals surface area contributed by atoms with Gasteiger partial charge in [-0.2, -0.15) is 0 Å². The second-order valence-corrected chi connectivity index (χ2v) is 5.37. The van der Waals surface area contributed by atoms with E-state index in [4.69, 9.17) is 11.6 Å². The molecule has 104 valence electrons. The van der Waals surface area contributed by atoms with Crippen molar-refractivity contribution in [2.24, 2.45) is 0 Å². The lowest BCUT2D eigenvalue weighted by Crippen LogP contribution is -2.46. The monoisotopic (exact) mass is 289 g/mol. The van der Waals surface area contributed by atoms with Gasteiger partial charge in [-0.15, -0.1) is 0 Å². The van der Waals surface area contributed by atoms with Crippen molar-refractivity contribution in [3.8, 4) is 0 Å². The van der Waals surface area contributed by atoms with Crippen LogP contribution in [0, 0.1) is 6.92 Å². The molecule has 0 radical (unpaired) electrons. The van der Waals surface area contributed by atoms with Crippen LogP contribution in [0.1, 0.15) is 15.9 Å². The van der Waals surface area contributed by atoms with E-state index in [0.29, 0.717) is 16.1 Å². The van der Waals surface area contributed by atoms with Gasteiger partial charge in [-0.1, -0.05) is 23.7 Å². The Bertz CT molecular complexity index is 665. The smallest absolute Gasteiger partial charge is 0.254 e. The molecule has 1 saturated heterocycles. The van der Waals surface area contributed by atoms with Gasteiger partial charge in [0.05, 0.1) is 16.1 Å². The average molecular weight is 290 g/mol. The number of aryl methyl sites for hydroxylation is 1. The van der Waals surface area contributed by atoms with Crippen LogP contribution >= 0.6 is 11.6 Å². The molecule has 1 fully saturated rings. The van der Waals surface area contributed by atoms with E-state index in [1.807, 2.05) is 24.0 Å². The van der Waals surface area contributed by atoms with Gasteiger partial charge < -0.3 is 10.2 Å². The number of nitrogens with zero attached hydrogens (tertiary/aromatic N) is 2. The molecule has 0 spiro atoms. The van der Waals surface area contributed by atoms with E-state index >= 15 is 0 Å². The summed E-state index contributed by atoms with van der Waals surface area (Å²) in [5.74, 6) is 0.0545. The first-order chi connectivity index (χ1) is 9.68. The number of hydrogen-bond acceptors (Lipinski definition) is 3. The van der Waals surface area contributed by atoms with Crippen LogP contribution < -0.4 is 5.32 Å². The summed E-state index contributed by atoms with van der Waals surface area (Å²) in [6, 6.07) is 5.64.